The summed E-state index contributed by atoms with van der Waals surface area (Å²) in [4.78, 5) is 2.54. The first-order valence-electron chi connectivity index (χ1n) is 8.10. The van der Waals surface area contributed by atoms with Crippen molar-refractivity contribution >= 4 is 9.84 Å². The smallest absolute Gasteiger partial charge is 0.148 e. The van der Waals surface area contributed by atoms with Gasteiger partial charge in [0.15, 0.2) is 0 Å². The highest BCUT2D eigenvalue weighted by Crippen LogP contribution is 2.44. The van der Waals surface area contributed by atoms with Crippen molar-refractivity contribution in [3.63, 3.8) is 0 Å². The molecular weight excluding hydrogens is 272 g/mol. The quantitative estimate of drug-likeness (QED) is 0.758. The Bertz CT molecular complexity index is 379. The van der Waals surface area contributed by atoms with Gasteiger partial charge in [0.05, 0.1) is 5.75 Å². The zero-order chi connectivity index (χ0) is 14.5. The summed E-state index contributed by atoms with van der Waals surface area (Å²) in [7, 11) is -2.82. The van der Waals surface area contributed by atoms with Crippen LogP contribution in [-0.2, 0) is 9.84 Å². The van der Waals surface area contributed by atoms with Gasteiger partial charge in [-0.2, -0.15) is 0 Å². The van der Waals surface area contributed by atoms with Crippen LogP contribution >= 0.6 is 0 Å². The van der Waals surface area contributed by atoms with E-state index in [9.17, 15) is 8.42 Å². The Morgan fingerprint density at radius 2 is 1.65 bits per heavy atom. The van der Waals surface area contributed by atoms with Crippen molar-refractivity contribution in [2.24, 2.45) is 5.41 Å². The fourth-order valence-electron chi connectivity index (χ4n) is 3.67. The van der Waals surface area contributed by atoms with Gasteiger partial charge in [0.1, 0.15) is 9.84 Å². The normalized spacial score (nSPS) is 24.1. The van der Waals surface area contributed by atoms with E-state index in [2.05, 4.69) is 10.2 Å². The molecule has 2 aliphatic rings. The number of piperidine rings is 1. The van der Waals surface area contributed by atoms with Gasteiger partial charge in [0, 0.05) is 25.9 Å². The van der Waals surface area contributed by atoms with Crippen molar-refractivity contribution in [2.45, 2.75) is 44.9 Å². The second-order valence-electron chi connectivity index (χ2n) is 6.78. The summed E-state index contributed by atoms with van der Waals surface area (Å²) in [5.74, 6) is 0.246. The second-order valence-corrected chi connectivity index (χ2v) is 9.04. The molecule has 4 nitrogen and oxygen atoms in total. The van der Waals surface area contributed by atoms with Crippen molar-refractivity contribution < 1.29 is 8.42 Å². The van der Waals surface area contributed by atoms with Gasteiger partial charge in [-0.15, -0.1) is 0 Å². The van der Waals surface area contributed by atoms with Crippen molar-refractivity contribution in [3.05, 3.63) is 0 Å². The lowest BCUT2D eigenvalue weighted by Gasteiger charge is -2.44. The van der Waals surface area contributed by atoms with Gasteiger partial charge in [-0.25, -0.2) is 8.42 Å². The number of hydrogen-bond acceptors (Lipinski definition) is 4. The molecule has 2 fully saturated rings. The molecule has 1 heterocycles. The fraction of sp³-hybridized carbons (Fsp3) is 1.00. The molecule has 1 spiro atoms. The Hall–Kier alpha value is -0.130. The van der Waals surface area contributed by atoms with Crippen LogP contribution in [0.15, 0.2) is 0 Å². The number of nitrogens with one attached hydrogen (secondary N) is 1. The van der Waals surface area contributed by atoms with Crippen molar-refractivity contribution in [3.8, 4) is 0 Å². The summed E-state index contributed by atoms with van der Waals surface area (Å²) in [6, 6.07) is 0. The van der Waals surface area contributed by atoms with Crippen LogP contribution in [0.4, 0.5) is 0 Å². The highest BCUT2D eigenvalue weighted by molar-refractivity contribution is 7.90. The van der Waals surface area contributed by atoms with E-state index >= 15 is 0 Å². The van der Waals surface area contributed by atoms with E-state index in [1.807, 2.05) is 0 Å². The maximum absolute atomic E-state index is 11.0. The lowest BCUT2D eigenvalue weighted by molar-refractivity contribution is 0.0684. The Morgan fingerprint density at radius 3 is 2.25 bits per heavy atom. The maximum atomic E-state index is 11.0. The molecule has 0 radical (unpaired) electrons. The summed E-state index contributed by atoms with van der Waals surface area (Å²) in [6.07, 6.45) is 11.3. The minimum atomic E-state index is -2.82. The predicted octanol–water partition coefficient (Wildman–Crippen LogP) is 1.67. The van der Waals surface area contributed by atoms with Crippen LogP contribution in [0, 0.1) is 5.41 Å². The van der Waals surface area contributed by atoms with Crippen molar-refractivity contribution in [1.82, 2.24) is 10.2 Å². The van der Waals surface area contributed by atoms with Crippen LogP contribution in [-0.4, -0.2) is 58.1 Å². The summed E-state index contributed by atoms with van der Waals surface area (Å²) >= 11 is 0. The molecule has 118 valence electrons. The first kappa shape index (κ1) is 16.2. The van der Waals surface area contributed by atoms with Gasteiger partial charge in [-0.1, -0.05) is 19.3 Å². The molecule has 1 saturated carbocycles. The largest absolute Gasteiger partial charge is 0.314 e. The van der Waals surface area contributed by atoms with Crippen molar-refractivity contribution in [2.75, 3.05) is 44.7 Å². The zero-order valence-corrected chi connectivity index (χ0v) is 13.7. The van der Waals surface area contributed by atoms with Gasteiger partial charge in [0.25, 0.3) is 0 Å². The Morgan fingerprint density at radius 1 is 1.00 bits per heavy atom. The number of nitrogens with zero attached hydrogens (tertiary/aromatic N) is 1. The van der Waals surface area contributed by atoms with E-state index in [0.717, 1.165) is 13.1 Å². The molecule has 0 amide bonds. The third kappa shape index (κ3) is 5.34. The minimum absolute atomic E-state index is 0.246. The third-order valence-corrected chi connectivity index (χ3v) is 6.03. The second kappa shape index (κ2) is 7.23. The van der Waals surface area contributed by atoms with Crippen molar-refractivity contribution in [1.29, 1.82) is 0 Å². The van der Waals surface area contributed by atoms with E-state index in [1.54, 1.807) is 0 Å². The molecular formula is C15H30N2O2S. The molecule has 0 unspecified atom stereocenters. The molecule has 20 heavy (non-hydrogen) atoms. The van der Waals surface area contributed by atoms with E-state index < -0.39 is 9.84 Å². The summed E-state index contributed by atoms with van der Waals surface area (Å²) < 4.78 is 22.0. The molecule has 0 aromatic heterocycles. The average molecular weight is 302 g/mol. The van der Waals surface area contributed by atoms with E-state index in [4.69, 9.17) is 0 Å². The Kier molecular flexibility index (Phi) is 5.87. The van der Waals surface area contributed by atoms with E-state index in [-0.39, 0.29) is 5.75 Å². The predicted molar refractivity (Wildman–Crippen MR) is 83.8 cm³/mol. The number of sulfone groups is 1. The average Bonchev–Trinajstić information content (AvgIpc) is 2.40. The van der Waals surface area contributed by atoms with Crippen LogP contribution in [0.3, 0.4) is 0 Å². The third-order valence-electron chi connectivity index (χ3n) is 5.09. The van der Waals surface area contributed by atoms with Gasteiger partial charge in [0.2, 0.25) is 0 Å². The molecule has 1 aliphatic carbocycles. The SMILES string of the molecule is CS(=O)(=O)CCNCCN1CCC2(CCCCC2)CC1. The monoisotopic (exact) mass is 302 g/mol. The molecule has 0 aromatic rings. The molecule has 2 rings (SSSR count). The van der Waals surface area contributed by atoms with Gasteiger partial charge < -0.3 is 10.2 Å². The van der Waals surface area contributed by atoms with Crippen LogP contribution in [0.1, 0.15) is 44.9 Å². The lowest BCUT2D eigenvalue weighted by Crippen LogP contribution is -2.43. The number of rotatable bonds is 6. The highest BCUT2D eigenvalue weighted by atomic mass is 32.2. The number of hydrogen-bond donors (Lipinski definition) is 1. The molecule has 1 N–H and O–H groups in total. The molecule has 5 heteroatoms. The van der Waals surface area contributed by atoms with E-state index in [0.29, 0.717) is 12.0 Å². The summed E-state index contributed by atoms with van der Waals surface area (Å²) in [5.41, 5.74) is 0.679. The van der Waals surface area contributed by atoms with Gasteiger partial charge in [-0.3, -0.25) is 0 Å². The molecule has 0 bridgehead atoms. The van der Waals surface area contributed by atoms with Crippen LogP contribution in [0.2, 0.25) is 0 Å². The van der Waals surface area contributed by atoms with Gasteiger partial charge in [-0.05, 0) is 44.2 Å². The van der Waals surface area contributed by atoms with Crippen LogP contribution < -0.4 is 5.32 Å². The van der Waals surface area contributed by atoms with Crippen LogP contribution in [0.5, 0.6) is 0 Å². The lowest BCUT2D eigenvalue weighted by atomic mass is 9.68. The van der Waals surface area contributed by atoms with Crippen LogP contribution in [0.25, 0.3) is 0 Å². The fourth-order valence-corrected chi connectivity index (χ4v) is 4.19. The highest BCUT2D eigenvalue weighted by Gasteiger charge is 2.35. The van der Waals surface area contributed by atoms with E-state index in [1.165, 1.54) is 64.3 Å². The zero-order valence-electron chi connectivity index (χ0n) is 12.9. The molecule has 1 aliphatic heterocycles. The summed E-state index contributed by atoms with van der Waals surface area (Å²) in [5, 5.41) is 3.24. The minimum Gasteiger partial charge on any atom is -0.314 e. The first-order valence-corrected chi connectivity index (χ1v) is 10.2. The number of likely N-dealkylation sites (tertiary alicyclic amines) is 1. The summed E-state index contributed by atoms with van der Waals surface area (Å²) in [6.45, 7) is 5.00. The standard InChI is InChI=1S/C15H30N2O2S/c1-20(18,19)14-10-16-9-13-17-11-7-15(8-12-17)5-3-2-4-6-15/h16H,2-14H2,1H3. The molecule has 0 aromatic carbocycles. The molecule has 0 atom stereocenters. The Balaban J connectivity index is 1.58. The Labute approximate surface area is 124 Å². The first-order chi connectivity index (χ1) is 9.49. The topological polar surface area (TPSA) is 49.4 Å². The van der Waals surface area contributed by atoms with Gasteiger partial charge >= 0.3 is 0 Å². The maximum Gasteiger partial charge on any atom is 0.148 e. The molecule has 1 saturated heterocycles.